The van der Waals surface area contributed by atoms with Crippen molar-refractivity contribution in [1.29, 1.82) is 0 Å². The Morgan fingerprint density at radius 1 is 0.960 bits per heavy atom. The van der Waals surface area contributed by atoms with E-state index >= 15 is 0 Å². The van der Waals surface area contributed by atoms with Gasteiger partial charge in [-0.1, -0.05) is 58.9 Å². The van der Waals surface area contributed by atoms with Gasteiger partial charge in [0.1, 0.15) is 11.3 Å². The van der Waals surface area contributed by atoms with Crippen LogP contribution in [0.4, 0.5) is 0 Å². The fraction of sp³-hybridized carbons (Fsp3) is 0.409. The van der Waals surface area contributed by atoms with Crippen molar-refractivity contribution in [2.75, 3.05) is 7.11 Å². The topological polar surface area (TPSA) is 46.5 Å². The molecular formula is C22H26O3. The number of carbonyl (C=O) groups excluding carboxylic acids is 1. The molecule has 0 fully saturated rings. The zero-order valence-corrected chi connectivity index (χ0v) is 15.8. The molecule has 0 heterocycles. The minimum atomic E-state index is -0.533. The molecule has 1 N–H and O–H groups in total. The molecule has 1 unspecified atom stereocenters. The molecule has 3 heteroatoms. The lowest BCUT2D eigenvalue weighted by molar-refractivity contribution is 0.0597. The van der Waals surface area contributed by atoms with Crippen LogP contribution in [0.25, 0.3) is 11.1 Å². The van der Waals surface area contributed by atoms with E-state index in [1.54, 1.807) is 12.1 Å². The van der Waals surface area contributed by atoms with Crippen LogP contribution >= 0.6 is 0 Å². The summed E-state index contributed by atoms with van der Waals surface area (Å²) >= 11 is 0. The number of hydrogen-bond donors (Lipinski definition) is 1. The molecule has 132 valence electrons. The molecule has 0 saturated carbocycles. The van der Waals surface area contributed by atoms with Gasteiger partial charge in [0.05, 0.1) is 7.11 Å². The maximum absolute atomic E-state index is 11.6. The summed E-state index contributed by atoms with van der Waals surface area (Å²) in [7, 11) is 1.31. The van der Waals surface area contributed by atoms with Gasteiger partial charge in [-0.2, -0.15) is 0 Å². The predicted molar refractivity (Wildman–Crippen MR) is 100 cm³/mol. The molecule has 0 spiro atoms. The lowest BCUT2D eigenvalue weighted by Crippen LogP contribution is -2.30. The van der Waals surface area contributed by atoms with Gasteiger partial charge in [0, 0.05) is 0 Å². The van der Waals surface area contributed by atoms with E-state index in [4.69, 9.17) is 0 Å². The second kappa shape index (κ2) is 5.62. The van der Waals surface area contributed by atoms with Crippen molar-refractivity contribution in [3.05, 3.63) is 53.1 Å². The highest BCUT2D eigenvalue weighted by Crippen LogP contribution is 2.54. The van der Waals surface area contributed by atoms with Crippen LogP contribution in [0, 0.1) is 5.92 Å². The van der Waals surface area contributed by atoms with E-state index in [1.165, 1.54) is 18.2 Å². The number of rotatable bonds is 2. The van der Waals surface area contributed by atoms with Gasteiger partial charge in [0.25, 0.3) is 0 Å². The van der Waals surface area contributed by atoms with Crippen molar-refractivity contribution in [3.8, 4) is 16.9 Å². The molecule has 0 aromatic heterocycles. The molecule has 0 radical (unpaired) electrons. The van der Waals surface area contributed by atoms with Crippen LogP contribution in [0.2, 0.25) is 0 Å². The molecule has 1 aliphatic rings. The molecule has 3 nitrogen and oxygen atoms in total. The monoisotopic (exact) mass is 338 g/mol. The molecule has 3 rings (SSSR count). The van der Waals surface area contributed by atoms with E-state index in [2.05, 4.69) is 57.6 Å². The summed E-state index contributed by atoms with van der Waals surface area (Å²) in [4.78, 5) is 11.6. The predicted octanol–water partition coefficient (Wildman–Crippen LogP) is 5.05. The van der Waals surface area contributed by atoms with Crippen molar-refractivity contribution in [3.63, 3.8) is 0 Å². The van der Waals surface area contributed by atoms with Gasteiger partial charge in [-0.15, -0.1) is 0 Å². The lowest BCUT2D eigenvalue weighted by Gasteiger charge is -2.32. The maximum atomic E-state index is 11.6. The Bertz CT molecular complexity index is 846. The number of aromatic hydroxyl groups is 1. The fourth-order valence-electron chi connectivity index (χ4n) is 4.18. The quantitative estimate of drug-likeness (QED) is 0.779. The Kier molecular flexibility index (Phi) is 3.94. The summed E-state index contributed by atoms with van der Waals surface area (Å²) in [5.41, 5.74) is 5.09. The van der Waals surface area contributed by atoms with Gasteiger partial charge in [-0.25, -0.2) is 4.79 Å². The number of benzene rings is 2. The fourth-order valence-corrected chi connectivity index (χ4v) is 4.18. The van der Waals surface area contributed by atoms with E-state index < -0.39 is 5.97 Å². The smallest absolute Gasteiger partial charge is 0.341 e. The second-order valence-electron chi connectivity index (χ2n) is 8.15. The van der Waals surface area contributed by atoms with Crippen molar-refractivity contribution < 1.29 is 14.6 Å². The average Bonchev–Trinajstić information content (AvgIpc) is 2.72. The Morgan fingerprint density at radius 3 is 2.12 bits per heavy atom. The van der Waals surface area contributed by atoms with Crippen LogP contribution in [0.5, 0.6) is 5.75 Å². The summed E-state index contributed by atoms with van der Waals surface area (Å²) in [6.45, 7) is 11.5. The Labute approximate surface area is 149 Å². The van der Waals surface area contributed by atoms with E-state index in [1.807, 2.05) is 6.07 Å². The Balaban J connectivity index is 2.09. The van der Waals surface area contributed by atoms with Crippen LogP contribution in [0.3, 0.4) is 0 Å². The van der Waals surface area contributed by atoms with E-state index in [-0.39, 0.29) is 22.1 Å². The summed E-state index contributed by atoms with van der Waals surface area (Å²) in [6, 6.07) is 11.6. The van der Waals surface area contributed by atoms with Crippen molar-refractivity contribution in [2.24, 2.45) is 5.92 Å². The van der Waals surface area contributed by atoms with Crippen LogP contribution < -0.4 is 0 Å². The molecule has 1 aliphatic carbocycles. The number of phenolic OH excluding ortho intramolecular Hbond substituents is 1. The minimum absolute atomic E-state index is 0.0576. The number of hydrogen-bond acceptors (Lipinski definition) is 3. The summed E-state index contributed by atoms with van der Waals surface area (Å²) < 4.78 is 4.69. The molecule has 25 heavy (non-hydrogen) atoms. The van der Waals surface area contributed by atoms with Crippen LogP contribution in [-0.2, 0) is 15.6 Å². The summed E-state index contributed by atoms with van der Waals surface area (Å²) in [6.07, 6.45) is 0. The third-order valence-corrected chi connectivity index (χ3v) is 6.31. The Hall–Kier alpha value is -2.29. The average molecular weight is 338 g/mol. The first-order valence-electron chi connectivity index (χ1n) is 8.67. The maximum Gasteiger partial charge on any atom is 0.341 e. The minimum Gasteiger partial charge on any atom is -0.507 e. The molecular weight excluding hydrogens is 312 g/mol. The van der Waals surface area contributed by atoms with Gasteiger partial charge < -0.3 is 9.84 Å². The first-order valence-corrected chi connectivity index (χ1v) is 8.67. The molecule has 0 saturated heterocycles. The highest BCUT2D eigenvalue weighted by Gasteiger charge is 2.48. The number of ether oxygens (including phenoxy) is 1. The number of fused-ring (bicyclic) bond motifs is 1. The number of carbonyl (C=O) groups is 1. The highest BCUT2D eigenvalue weighted by atomic mass is 16.5. The molecule has 0 amide bonds. The zero-order chi connectivity index (χ0) is 18.6. The normalized spacial score (nSPS) is 20.2. The van der Waals surface area contributed by atoms with Gasteiger partial charge in [-0.05, 0) is 51.1 Å². The van der Waals surface area contributed by atoms with E-state index in [0.717, 1.165) is 11.1 Å². The van der Waals surface area contributed by atoms with E-state index in [0.29, 0.717) is 5.92 Å². The number of esters is 1. The van der Waals surface area contributed by atoms with Gasteiger partial charge >= 0.3 is 5.97 Å². The molecule has 2 aromatic carbocycles. The Morgan fingerprint density at radius 2 is 1.52 bits per heavy atom. The first-order chi connectivity index (χ1) is 11.6. The van der Waals surface area contributed by atoms with Crippen LogP contribution in [0.1, 0.15) is 56.1 Å². The third-order valence-electron chi connectivity index (χ3n) is 6.31. The number of methoxy groups -OCH3 is 1. The van der Waals surface area contributed by atoms with Crippen molar-refractivity contribution in [1.82, 2.24) is 0 Å². The SMILES string of the molecule is COC(=O)c1ccc(-c2ccc3c(c2)C(C)(C)C(C)C3(C)C)cc1O. The largest absolute Gasteiger partial charge is 0.507 e. The van der Waals surface area contributed by atoms with Crippen molar-refractivity contribution >= 4 is 5.97 Å². The highest BCUT2D eigenvalue weighted by molar-refractivity contribution is 5.93. The summed E-state index contributed by atoms with van der Waals surface area (Å²) in [5, 5.41) is 10.2. The van der Waals surface area contributed by atoms with E-state index in [9.17, 15) is 9.90 Å². The second-order valence-corrected chi connectivity index (χ2v) is 8.15. The van der Waals surface area contributed by atoms with Crippen LogP contribution in [0.15, 0.2) is 36.4 Å². The molecule has 2 aromatic rings. The van der Waals surface area contributed by atoms with Gasteiger partial charge in [-0.3, -0.25) is 0 Å². The molecule has 0 bridgehead atoms. The summed E-state index contributed by atoms with van der Waals surface area (Å²) in [5.74, 6) is -0.0622. The van der Waals surface area contributed by atoms with Crippen molar-refractivity contribution in [2.45, 2.75) is 45.4 Å². The third kappa shape index (κ3) is 2.53. The lowest BCUT2D eigenvalue weighted by atomic mass is 9.71. The standard InChI is InChI=1S/C22H26O3/c1-13-21(2,3)17-10-8-14(11-18(17)22(13,4)5)15-7-9-16(19(23)12-15)20(24)25-6/h7-13,23H,1-6H3. The van der Waals surface area contributed by atoms with Gasteiger partial charge in [0.2, 0.25) is 0 Å². The van der Waals surface area contributed by atoms with Crippen LogP contribution in [-0.4, -0.2) is 18.2 Å². The number of phenols is 1. The molecule has 1 atom stereocenters. The van der Waals surface area contributed by atoms with Gasteiger partial charge in [0.15, 0.2) is 0 Å². The molecule has 0 aliphatic heterocycles. The first kappa shape index (κ1) is 17.5. The zero-order valence-electron chi connectivity index (χ0n) is 15.8.